The van der Waals surface area contributed by atoms with E-state index in [0.717, 1.165) is 11.1 Å². The van der Waals surface area contributed by atoms with Gasteiger partial charge in [0.15, 0.2) is 0 Å². The van der Waals surface area contributed by atoms with Gasteiger partial charge in [-0.1, -0.05) is 41.9 Å². The monoisotopic (exact) mass is 370 g/mol. The lowest BCUT2D eigenvalue weighted by molar-refractivity contribution is 0.504. The molecule has 0 aliphatic rings. The number of aromatic nitrogens is 1. The number of nitrogens with zero attached hydrogens (tertiary/aromatic N) is 2. The first-order valence-electron chi connectivity index (χ1n) is 7.32. The van der Waals surface area contributed by atoms with Gasteiger partial charge in [0.1, 0.15) is 28.2 Å². The van der Waals surface area contributed by atoms with Crippen LogP contribution in [0.25, 0.3) is 22.6 Å². The van der Waals surface area contributed by atoms with Crippen LogP contribution in [0.2, 0.25) is 5.02 Å². The molecule has 2 aromatic carbocycles. The van der Waals surface area contributed by atoms with E-state index in [-0.39, 0.29) is 16.2 Å². The lowest BCUT2D eigenvalue weighted by Gasteiger charge is -2.06. The Labute approximate surface area is 153 Å². The summed E-state index contributed by atoms with van der Waals surface area (Å²) in [4.78, 5) is 4.43. The number of hydrogen-bond donors (Lipinski definition) is 1. The number of aliphatic hydroxyl groups is 1. The molecular formula is C19H12ClFN2OS. The Morgan fingerprint density at radius 2 is 2.00 bits per heavy atom. The fraction of sp³-hybridized carbons (Fsp3) is 0.0526. The molecule has 6 heteroatoms. The van der Waals surface area contributed by atoms with Gasteiger partial charge >= 0.3 is 0 Å². The minimum Gasteiger partial charge on any atom is -0.506 e. The first kappa shape index (κ1) is 17.2. The summed E-state index contributed by atoms with van der Waals surface area (Å²) >= 11 is 7.18. The molecule has 3 aromatic rings. The van der Waals surface area contributed by atoms with Crippen LogP contribution in [0.5, 0.6) is 0 Å². The van der Waals surface area contributed by atoms with E-state index in [2.05, 4.69) is 4.98 Å². The molecule has 0 aliphatic heterocycles. The second-order valence-electron chi connectivity index (χ2n) is 5.28. The van der Waals surface area contributed by atoms with Gasteiger partial charge in [-0.15, -0.1) is 11.3 Å². The SMILES string of the molecule is Cc1ccccc1-c1csc(C(C#N)=C(O)c2c(F)cccc2Cl)n1. The predicted octanol–water partition coefficient (Wildman–Crippen LogP) is 5.86. The van der Waals surface area contributed by atoms with Crippen molar-refractivity contribution < 1.29 is 9.50 Å². The largest absolute Gasteiger partial charge is 0.506 e. The number of aliphatic hydroxyl groups excluding tert-OH is 1. The van der Waals surface area contributed by atoms with Crippen molar-refractivity contribution >= 4 is 34.3 Å². The van der Waals surface area contributed by atoms with Gasteiger partial charge in [-0.05, 0) is 24.6 Å². The highest BCUT2D eigenvalue weighted by molar-refractivity contribution is 7.11. The maximum Gasteiger partial charge on any atom is 0.148 e. The topological polar surface area (TPSA) is 56.9 Å². The molecule has 0 saturated heterocycles. The molecule has 0 aliphatic carbocycles. The van der Waals surface area contributed by atoms with Crippen LogP contribution < -0.4 is 0 Å². The zero-order chi connectivity index (χ0) is 18.0. The zero-order valence-corrected chi connectivity index (χ0v) is 14.7. The normalized spacial score (nSPS) is 11.8. The summed E-state index contributed by atoms with van der Waals surface area (Å²) in [5, 5.41) is 22.0. The van der Waals surface area contributed by atoms with Crippen molar-refractivity contribution in [3.63, 3.8) is 0 Å². The van der Waals surface area contributed by atoms with E-state index >= 15 is 0 Å². The Balaban J connectivity index is 2.12. The van der Waals surface area contributed by atoms with E-state index in [1.165, 1.54) is 29.5 Å². The molecule has 0 atom stereocenters. The third-order valence-corrected chi connectivity index (χ3v) is 4.86. The van der Waals surface area contributed by atoms with Gasteiger partial charge < -0.3 is 5.11 Å². The molecule has 0 amide bonds. The van der Waals surface area contributed by atoms with Crippen molar-refractivity contribution in [1.29, 1.82) is 5.26 Å². The molecule has 1 aromatic heterocycles. The molecule has 1 N–H and O–H groups in total. The van der Waals surface area contributed by atoms with E-state index in [0.29, 0.717) is 10.7 Å². The summed E-state index contributed by atoms with van der Waals surface area (Å²) in [6.07, 6.45) is 0. The van der Waals surface area contributed by atoms with Gasteiger partial charge in [-0.3, -0.25) is 0 Å². The number of benzene rings is 2. The minimum absolute atomic E-state index is 0.0286. The molecule has 1 heterocycles. The molecule has 3 rings (SSSR count). The fourth-order valence-corrected chi connectivity index (χ4v) is 3.49. The molecule has 0 bridgehead atoms. The first-order chi connectivity index (χ1) is 12.0. The molecule has 124 valence electrons. The average Bonchev–Trinajstić information content (AvgIpc) is 3.05. The van der Waals surface area contributed by atoms with Crippen molar-refractivity contribution in [3.05, 3.63) is 74.8 Å². The second kappa shape index (κ2) is 7.06. The molecule has 25 heavy (non-hydrogen) atoms. The van der Waals surface area contributed by atoms with E-state index in [1.54, 1.807) is 5.38 Å². The third kappa shape index (κ3) is 3.27. The van der Waals surface area contributed by atoms with Crippen LogP contribution in [0.15, 0.2) is 47.8 Å². The summed E-state index contributed by atoms with van der Waals surface area (Å²) in [5.74, 6) is -1.22. The average molecular weight is 371 g/mol. The molecule has 3 nitrogen and oxygen atoms in total. The van der Waals surface area contributed by atoms with Gasteiger partial charge in [-0.25, -0.2) is 9.37 Å². The summed E-state index contributed by atoms with van der Waals surface area (Å²) < 4.78 is 14.0. The Morgan fingerprint density at radius 3 is 2.68 bits per heavy atom. The minimum atomic E-state index is -0.701. The maximum absolute atomic E-state index is 14.0. The van der Waals surface area contributed by atoms with E-state index in [1.807, 2.05) is 37.3 Å². The van der Waals surface area contributed by atoms with Crippen LogP contribution in [0, 0.1) is 24.1 Å². The number of thiazole rings is 1. The van der Waals surface area contributed by atoms with Crippen molar-refractivity contribution in [2.45, 2.75) is 6.92 Å². The van der Waals surface area contributed by atoms with Crippen molar-refractivity contribution in [2.75, 3.05) is 0 Å². The molecule has 0 radical (unpaired) electrons. The Kier molecular flexibility index (Phi) is 4.84. The highest BCUT2D eigenvalue weighted by atomic mass is 35.5. The fourth-order valence-electron chi connectivity index (χ4n) is 2.42. The van der Waals surface area contributed by atoms with E-state index < -0.39 is 11.6 Å². The van der Waals surface area contributed by atoms with Gasteiger partial charge in [0.2, 0.25) is 0 Å². The van der Waals surface area contributed by atoms with Crippen molar-refractivity contribution in [2.24, 2.45) is 0 Å². The van der Waals surface area contributed by atoms with Crippen LogP contribution >= 0.6 is 22.9 Å². The van der Waals surface area contributed by atoms with Crippen LogP contribution in [-0.4, -0.2) is 10.1 Å². The number of aryl methyl sites for hydroxylation is 1. The maximum atomic E-state index is 14.0. The quantitative estimate of drug-likeness (QED) is 0.464. The smallest absolute Gasteiger partial charge is 0.148 e. The van der Waals surface area contributed by atoms with Gasteiger partial charge in [0.25, 0.3) is 0 Å². The standard InChI is InChI=1S/C19H12ClFN2OS/c1-11-5-2-3-6-12(11)16-10-25-19(23-16)13(9-22)18(24)17-14(20)7-4-8-15(17)21/h2-8,10,24H,1H3. The molecule has 0 spiro atoms. The van der Waals surface area contributed by atoms with E-state index in [4.69, 9.17) is 11.6 Å². The van der Waals surface area contributed by atoms with Crippen molar-refractivity contribution in [1.82, 2.24) is 4.98 Å². The molecule has 0 saturated carbocycles. The molecule has 0 unspecified atom stereocenters. The number of halogens is 2. The lowest BCUT2D eigenvalue weighted by atomic mass is 10.1. The third-order valence-electron chi connectivity index (χ3n) is 3.69. The van der Waals surface area contributed by atoms with Crippen LogP contribution in [0.1, 0.15) is 16.1 Å². The highest BCUT2D eigenvalue weighted by Gasteiger charge is 2.20. The lowest BCUT2D eigenvalue weighted by Crippen LogP contribution is -1.95. The molecular weight excluding hydrogens is 359 g/mol. The van der Waals surface area contributed by atoms with E-state index in [9.17, 15) is 14.8 Å². The summed E-state index contributed by atoms with van der Waals surface area (Å²) in [6.45, 7) is 1.96. The zero-order valence-electron chi connectivity index (χ0n) is 13.1. The number of allylic oxidation sites excluding steroid dienone is 1. The molecule has 0 fully saturated rings. The number of rotatable bonds is 3. The van der Waals surface area contributed by atoms with Crippen molar-refractivity contribution in [3.8, 4) is 17.3 Å². The summed E-state index contributed by atoms with van der Waals surface area (Å²) in [5.41, 5.74) is 2.36. The van der Waals surface area contributed by atoms with Crippen LogP contribution in [0.4, 0.5) is 4.39 Å². The first-order valence-corrected chi connectivity index (χ1v) is 8.58. The Hall–Kier alpha value is -2.68. The predicted molar refractivity (Wildman–Crippen MR) is 98.8 cm³/mol. The number of hydrogen-bond acceptors (Lipinski definition) is 4. The summed E-state index contributed by atoms with van der Waals surface area (Å²) in [6, 6.07) is 13.7. The second-order valence-corrected chi connectivity index (χ2v) is 6.55. The number of nitriles is 1. The Bertz CT molecular complexity index is 1000. The van der Waals surface area contributed by atoms with Crippen LogP contribution in [0.3, 0.4) is 0 Å². The van der Waals surface area contributed by atoms with Gasteiger partial charge in [-0.2, -0.15) is 5.26 Å². The Morgan fingerprint density at radius 1 is 1.24 bits per heavy atom. The van der Waals surface area contributed by atoms with Gasteiger partial charge in [0, 0.05) is 10.9 Å². The highest BCUT2D eigenvalue weighted by Crippen LogP contribution is 2.34. The summed E-state index contributed by atoms with van der Waals surface area (Å²) in [7, 11) is 0. The van der Waals surface area contributed by atoms with Crippen LogP contribution in [-0.2, 0) is 0 Å². The van der Waals surface area contributed by atoms with Gasteiger partial charge in [0.05, 0.1) is 16.3 Å².